The van der Waals surface area contributed by atoms with Gasteiger partial charge < -0.3 is 19.6 Å². The predicted molar refractivity (Wildman–Crippen MR) is 112 cm³/mol. The molecule has 2 N–H and O–H groups in total. The van der Waals surface area contributed by atoms with Crippen LogP contribution in [-0.2, 0) is 11.2 Å². The molecule has 0 bridgehead atoms. The summed E-state index contributed by atoms with van der Waals surface area (Å²) in [6.45, 7) is 0. The molecule has 3 heterocycles. The lowest BCUT2D eigenvalue weighted by atomic mass is 10.2. The molecular weight excluding hydrogens is 404 g/mol. The molecule has 2 amide bonds. The first-order valence-electron chi connectivity index (χ1n) is 9.28. The van der Waals surface area contributed by atoms with Crippen molar-refractivity contribution in [3.63, 3.8) is 0 Å². The summed E-state index contributed by atoms with van der Waals surface area (Å²) >= 11 is 1.55. The van der Waals surface area contributed by atoms with Crippen molar-refractivity contribution in [2.45, 2.75) is 19.3 Å². The molecule has 9 heteroatoms. The third kappa shape index (κ3) is 5.00. The van der Waals surface area contributed by atoms with Crippen LogP contribution in [0.4, 0.5) is 11.4 Å². The van der Waals surface area contributed by atoms with Gasteiger partial charge in [0, 0.05) is 24.2 Å². The summed E-state index contributed by atoms with van der Waals surface area (Å²) in [5, 5.41) is 11.5. The second-order valence-corrected chi connectivity index (χ2v) is 7.35. The lowest BCUT2D eigenvalue weighted by Gasteiger charge is -2.07. The van der Waals surface area contributed by atoms with Gasteiger partial charge >= 0.3 is 0 Å². The van der Waals surface area contributed by atoms with E-state index in [1.54, 1.807) is 47.7 Å². The molecule has 0 fully saturated rings. The fourth-order valence-electron chi connectivity index (χ4n) is 2.72. The van der Waals surface area contributed by atoms with Gasteiger partial charge in [-0.15, -0.1) is 11.3 Å². The highest BCUT2D eigenvalue weighted by Gasteiger charge is 2.11. The van der Waals surface area contributed by atoms with Gasteiger partial charge in [-0.1, -0.05) is 11.2 Å². The monoisotopic (exact) mass is 422 g/mol. The fourth-order valence-corrected chi connectivity index (χ4v) is 3.37. The van der Waals surface area contributed by atoms with Gasteiger partial charge in [-0.3, -0.25) is 9.59 Å². The van der Waals surface area contributed by atoms with Crippen molar-refractivity contribution in [1.29, 1.82) is 0 Å². The summed E-state index contributed by atoms with van der Waals surface area (Å²) in [4.78, 5) is 29.4. The molecule has 0 saturated heterocycles. The average molecular weight is 422 g/mol. The first-order chi connectivity index (χ1) is 14.7. The Kier molecular flexibility index (Phi) is 6.00. The number of thiophene rings is 1. The van der Waals surface area contributed by atoms with E-state index >= 15 is 0 Å². The number of carbonyl (C=O) groups is 2. The van der Waals surface area contributed by atoms with Crippen LogP contribution in [0.3, 0.4) is 0 Å². The van der Waals surface area contributed by atoms with E-state index in [0.29, 0.717) is 42.4 Å². The quantitative estimate of drug-likeness (QED) is 0.429. The molecule has 3 aromatic heterocycles. The van der Waals surface area contributed by atoms with Crippen LogP contribution in [0.1, 0.15) is 29.3 Å². The molecular formula is C21H18N4O4S. The van der Waals surface area contributed by atoms with Crippen LogP contribution in [0.25, 0.3) is 10.7 Å². The highest BCUT2D eigenvalue weighted by Crippen LogP contribution is 2.21. The van der Waals surface area contributed by atoms with Crippen LogP contribution < -0.4 is 10.6 Å². The van der Waals surface area contributed by atoms with Crippen molar-refractivity contribution in [2.24, 2.45) is 0 Å². The second kappa shape index (κ2) is 9.19. The molecule has 0 radical (unpaired) electrons. The number of nitrogens with zero attached hydrogens (tertiary/aromatic N) is 2. The number of benzene rings is 1. The molecule has 0 atom stereocenters. The standard InChI is InChI=1S/C21H18N4O4S/c26-18(6-1-7-19-24-20(25-29-19)17-5-3-13-30-17)22-14-8-10-15(11-9-14)23-21(27)16-4-2-12-28-16/h2-5,8-13H,1,6-7H2,(H,22,26)(H,23,27). The van der Waals surface area contributed by atoms with Gasteiger partial charge in [-0.2, -0.15) is 4.98 Å². The third-order valence-electron chi connectivity index (χ3n) is 4.18. The molecule has 0 aliphatic rings. The van der Waals surface area contributed by atoms with Gasteiger partial charge in [0.25, 0.3) is 5.91 Å². The molecule has 4 rings (SSSR count). The van der Waals surface area contributed by atoms with Crippen LogP contribution in [0.5, 0.6) is 0 Å². The number of aryl methyl sites for hydroxylation is 1. The second-order valence-electron chi connectivity index (χ2n) is 6.40. The van der Waals surface area contributed by atoms with Gasteiger partial charge in [-0.05, 0) is 54.3 Å². The fraction of sp³-hybridized carbons (Fsp3) is 0.143. The van der Waals surface area contributed by atoms with Crippen LogP contribution in [0.15, 0.2) is 69.1 Å². The minimum absolute atomic E-state index is 0.111. The maximum Gasteiger partial charge on any atom is 0.291 e. The number of amides is 2. The van der Waals surface area contributed by atoms with Crippen LogP contribution in [0.2, 0.25) is 0 Å². The molecule has 0 saturated carbocycles. The molecule has 1 aromatic carbocycles. The molecule has 0 aliphatic heterocycles. The zero-order valence-electron chi connectivity index (χ0n) is 15.8. The van der Waals surface area contributed by atoms with Crippen molar-refractivity contribution in [3.8, 4) is 10.7 Å². The smallest absolute Gasteiger partial charge is 0.291 e. The number of rotatable bonds is 8. The summed E-state index contributed by atoms with van der Waals surface area (Å²) < 4.78 is 10.3. The molecule has 8 nitrogen and oxygen atoms in total. The first-order valence-corrected chi connectivity index (χ1v) is 10.2. The van der Waals surface area contributed by atoms with E-state index < -0.39 is 0 Å². The molecule has 0 unspecified atom stereocenters. The topological polar surface area (TPSA) is 110 Å². The summed E-state index contributed by atoms with van der Waals surface area (Å²) in [5.41, 5.74) is 1.25. The Morgan fingerprint density at radius 3 is 2.50 bits per heavy atom. The van der Waals surface area contributed by atoms with E-state index in [1.807, 2.05) is 17.5 Å². The van der Waals surface area contributed by atoms with E-state index in [9.17, 15) is 9.59 Å². The minimum atomic E-state index is -0.333. The normalized spacial score (nSPS) is 10.7. The number of furan rings is 1. The van der Waals surface area contributed by atoms with Gasteiger partial charge in [0.2, 0.25) is 17.6 Å². The zero-order valence-corrected chi connectivity index (χ0v) is 16.6. The minimum Gasteiger partial charge on any atom is -0.459 e. The van der Waals surface area contributed by atoms with E-state index in [1.165, 1.54) is 6.26 Å². The lowest BCUT2D eigenvalue weighted by Crippen LogP contribution is -2.12. The summed E-state index contributed by atoms with van der Waals surface area (Å²) in [6.07, 6.45) is 2.89. The largest absolute Gasteiger partial charge is 0.459 e. The number of aromatic nitrogens is 2. The van der Waals surface area contributed by atoms with Crippen molar-refractivity contribution < 1.29 is 18.5 Å². The molecule has 0 spiro atoms. The molecule has 4 aromatic rings. The average Bonchev–Trinajstić information content (AvgIpc) is 3.51. The van der Waals surface area contributed by atoms with E-state index in [0.717, 1.165) is 4.88 Å². The van der Waals surface area contributed by atoms with Crippen LogP contribution in [-0.4, -0.2) is 22.0 Å². The van der Waals surface area contributed by atoms with Gasteiger partial charge in [0.1, 0.15) is 0 Å². The number of carbonyl (C=O) groups excluding carboxylic acids is 2. The van der Waals surface area contributed by atoms with Crippen molar-refractivity contribution in [3.05, 3.63) is 71.8 Å². The maximum absolute atomic E-state index is 12.2. The van der Waals surface area contributed by atoms with Crippen molar-refractivity contribution in [1.82, 2.24) is 10.1 Å². The lowest BCUT2D eigenvalue weighted by molar-refractivity contribution is -0.116. The maximum atomic E-state index is 12.2. The Labute approximate surface area is 175 Å². The highest BCUT2D eigenvalue weighted by atomic mass is 32.1. The first kappa shape index (κ1) is 19.6. The Bertz CT molecular complexity index is 1100. The van der Waals surface area contributed by atoms with Gasteiger partial charge in [0.15, 0.2) is 5.76 Å². The summed E-state index contributed by atoms with van der Waals surface area (Å²) in [6, 6.07) is 14.0. The summed E-state index contributed by atoms with van der Waals surface area (Å²) in [5.74, 6) is 0.878. The SMILES string of the molecule is O=C(CCCc1nc(-c2cccs2)no1)Nc1ccc(NC(=O)c2ccco2)cc1. The predicted octanol–water partition coefficient (Wildman–Crippen LogP) is 4.60. The van der Waals surface area contributed by atoms with E-state index in [2.05, 4.69) is 20.8 Å². The number of hydrogen-bond donors (Lipinski definition) is 2. The molecule has 30 heavy (non-hydrogen) atoms. The van der Waals surface area contributed by atoms with Gasteiger partial charge in [-0.25, -0.2) is 0 Å². The number of hydrogen-bond acceptors (Lipinski definition) is 7. The Morgan fingerprint density at radius 2 is 1.80 bits per heavy atom. The Balaban J connectivity index is 1.22. The Morgan fingerprint density at radius 1 is 1.00 bits per heavy atom. The zero-order chi connectivity index (χ0) is 20.8. The van der Waals surface area contributed by atoms with Crippen molar-refractivity contribution >= 4 is 34.5 Å². The van der Waals surface area contributed by atoms with Crippen molar-refractivity contribution in [2.75, 3.05) is 10.6 Å². The highest BCUT2D eigenvalue weighted by molar-refractivity contribution is 7.13. The Hall–Kier alpha value is -3.72. The van der Waals surface area contributed by atoms with Gasteiger partial charge in [0.05, 0.1) is 11.1 Å². The molecule has 0 aliphatic carbocycles. The third-order valence-corrected chi connectivity index (χ3v) is 5.04. The molecule has 152 valence electrons. The van der Waals surface area contributed by atoms with E-state index in [4.69, 9.17) is 8.94 Å². The summed E-state index contributed by atoms with van der Waals surface area (Å²) in [7, 11) is 0. The van der Waals surface area contributed by atoms with Crippen LogP contribution in [0, 0.1) is 0 Å². The van der Waals surface area contributed by atoms with Crippen LogP contribution >= 0.6 is 11.3 Å². The van der Waals surface area contributed by atoms with E-state index in [-0.39, 0.29) is 17.6 Å². The number of nitrogens with one attached hydrogen (secondary N) is 2. The number of anilines is 2.